The minimum atomic E-state index is -0.877. The highest BCUT2D eigenvalue weighted by atomic mass is 16.5. The number of aliphatic carboxylic acids is 1. The minimum absolute atomic E-state index is 0.00675. The molecule has 0 aromatic heterocycles. The molecule has 0 bridgehead atoms. The number of likely N-dealkylation sites (N-methyl/N-ethyl adjacent to an activating group) is 1. The Morgan fingerprint density at radius 3 is 2.95 bits per heavy atom. The van der Waals surface area contributed by atoms with Gasteiger partial charge in [0, 0.05) is 19.6 Å². The van der Waals surface area contributed by atoms with Gasteiger partial charge in [-0.2, -0.15) is 0 Å². The highest BCUT2D eigenvalue weighted by Gasteiger charge is 2.23. The number of hydrogen-bond donors (Lipinski definition) is 2. The largest absolute Gasteiger partial charge is 0.480 e. The molecule has 1 unspecified atom stereocenters. The van der Waals surface area contributed by atoms with E-state index in [1.54, 1.807) is 11.0 Å². The van der Waals surface area contributed by atoms with Crippen LogP contribution in [-0.4, -0.2) is 61.9 Å². The SMILES string of the molecule is CN1CCOC(CN(CC(=O)O)c2ccccc2N)C1. The lowest BCUT2D eigenvalue weighted by molar-refractivity contribution is -0.135. The molecule has 6 heteroatoms. The summed E-state index contributed by atoms with van der Waals surface area (Å²) in [6.07, 6.45) is -0.00675. The van der Waals surface area contributed by atoms with Crippen molar-refractivity contribution in [3.8, 4) is 0 Å². The zero-order chi connectivity index (χ0) is 14.5. The molecule has 1 heterocycles. The monoisotopic (exact) mass is 279 g/mol. The van der Waals surface area contributed by atoms with E-state index in [9.17, 15) is 4.79 Å². The Morgan fingerprint density at radius 1 is 1.55 bits per heavy atom. The van der Waals surface area contributed by atoms with Crippen LogP contribution in [0.5, 0.6) is 0 Å². The van der Waals surface area contributed by atoms with E-state index in [0.29, 0.717) is 18.8 Å². The van der Waals surface area contributed by atoms with E-state index in [4.69, 9.17) is 15.6 Å². The van der Waals surface area contributed by atoms with E-state index >= 15 is 0 Å². The van der Waals surface area contributed by atoms with Gasteiger partial charge in [0.05, 0.1) is 24.1 Å². The topological polar surface area (TPSA) is 79.0 Å². The first-order valence-corrected chi connectivity index (χ1v) is 6.67. The van der Waals surface area contributed by atoms with E-state index < -0.39 is 5.97 Å². The minimum Gasteiger partial charge on any atom is -0.480 e. The van der Waals surface area contributed by atoms with E-state index in [-0.39, 0.29) is 12.6 Å². The molecule has 110 valence electrons. The van der Waals surface area contributed by atoms with Crippen LogP contribution in [-0.2, 0) is 9.53 Å². The molecule has 1 saturated heterocycles. The summed E-state index contributed by atoms with van der Waals surface area (Å²) in [6, 6.07) is 7.31. The molecule has 3 N–H and O–H groups in total. The maximum Gasteiger partial charge on any atom is 0.323 e. The van der Waals surface area contributed by atoms with Crippen LogP contribution >= 0.6 is 0 Å². The molecule has 1 aromatic carbocycles. The number of nitrogens with zero attached hydrogens (tertiary/aromatic N) is 2. The van der Waals surface area contributed by atoms with Crippen LogP contribution in [0, 0.1) is 0 Å². The molecule has 0 radical (unpaired) electrons. The Morgan fingerprint density at radius 2 is 2.30 bits per heavy atom. The molecule has 1 atom stereocenters. The number of rotatable bonds is 5. The third-order valence-corrected chi connectivity index (χ3v) is 3.37. The molecule has 0 saturated carbocycles. The zero-order valence-electron chi connectivity index (χ0n) is 11.7. The van der Waals surface area contributed by atoms with Crippen molar-refractivity contribution in [3.05, 3.63) is 24.3 Å². The second kappa shape index (κ2) is 6.58. The highest BCUT2D eigenvalue weighted by Crippen LogP contribution is 2.23. The maximum absolute atomic E-state index is 11.1. The molecular formula is C14H21N3O3. The first-order valence-electron chi connectivity index (χ1n) is 6.67. The van der Waals surface area contributed by atoms with Crippen LogP contribution in [0.25, 0.3) is 0 Å². The van der Waals surface area contributed by atoms with Gasteiger partial charge < -0.3 is 25.4 Å². The van der Waals surface area contributed by atoms with Crippen LogP contribution in [0.1, 0.15) is 0 Å². The lowest BCUT2D eigenvalue weighted by Gasteiger charge is -2.34. The summed E-state index contributed by atoms with van der Waals surface area (Å²) in [7, 11) is 2.04. The molecule has 1 aromatic rings. The Hall–Kier alpha value is -1.79. The fourth-order valence-corrected chi connectivity index (χ4v) is 2.41. The van der Waals surface area contributed by atoms with E-state index in [1.165, 1.54) is 0 Å². The normalized spacial score (nSPS) is 19.8. The molecule has 1 aliphatic heterocycles. The smallest absolute Gasteiger partial charge is 0.323 e. The Labute approximate surface area is 118 Å². The van der Waals surface area contributed by atoms with Gasteiger partial charge in [0.15, 0.2) is 0 Å². The standard InChI is InChI=1S/C14H21N3O3/c1-16-6-7-20-11(8-16)9-17(10-14(18)19)13-5-3-2-4-12(13)15/h2-5,11H,6-10,15H2,1H3,(H,18,19). The Kier molecular flexibility index (Phi) is 4.81. The van der Waals surface area contributed by atoms with Crippen LogP contribution in [0.15, 0.2) is 24.3 Å². The Balaban J connectivity index is 2.11. The van der Waals surface area contributed by atoms with Gasteiger partial charge in [-0.25, -0.2) is 0 Å². The number of carboxylic acid groups (broad SMARTS) is 1. The molecule has 6 nitrogen and oxygen atoms in total. The number of nitrogen functional groups attached to an aromatic ring is 1. The fraction of sp³-hybridized carbons (Fsp3) is 0.500. The highest BCUT2D eigenvalue weighted by molar-refractivity contribution is 5.77. The van der Waals surface area contributed by atoms with Crippen molar-refractivity contribution in [2.24, 2.45) is 0 Å². The van der Waals surface area contributed by atoms with Gasteiger partial charge in [-0.15, -0.1) is 0 Å². The summed E-state index contributed by atoms with van der Waals surface area (Å²) in [4.78, 5) is 15.0. The summed E-state index contributed by atoms with van der Waals surface area (Å²) < 4.78 is 5.70. The molecule has 1 fully saturated rings. The van der Waals surface area contributed by atoms with Gasteiger partial charge in [0.1, 0.15) is 6.54 Å². The first-order chi connectivity index (χ1) is 9.56. The molecule has 2 rings (SSSR count). The van der Waals surface area contributed by atoms with E-state index in [1.807, 2.05) is 25.2 Å². The second-order valence-corrected chi connectivity index (χ2v) is 5.09. The number of ether oxygens (including phenoxy) is 1. The summed E-state index contributed by atoms with van der Waals surface area (Å²) in [5, 5.41) is 9.08. The van der Waals surface area contributed by atoms with Crippen molar-refractivity contribution in [2.45, 2.75) is 6.10 Å². The van der Waals surface area contributed by atoms with Gasteiger partial charge in [-0.3, -0.25) is 4.79 Å². The van der Waals surface area contributed by atoms with Gasteiger partial charge in [0.25, 0.3) is 0 Å². The number of morpholine rings is 1. The quantitative estimate of drug-likeness (QED) is 0.764. The maximum atomic E-state index is 11.1. The van der Waals surface area contributed by atoms with E-state index in [2.05, 4.69) is 4.90 Å². The number of para-hydroxylation sites is 2. The number of benzene rings is 1. The molecule has 20 heavy (non-hydrogen) atoms. The van der Waals surface area contributed by atoms with Crippen LogP contribution in [0.4, 0.5) is 11.4 Å². The van der Waals surface area contributed by atoms with Gasteiger partial charge in [-0.1, -0.05) is 12.1 Å². The number of carboxylic acids is 1. The predicted molar refractivity (Wildman–Crippen MR) is 77.9 cm³/mol. The lowest BCUT2D eigenvalue weighted by atomic mass is 10.2. The van der Waals surface area contributed by atoms with E-state index in [0.717, 1.165) is 18.8 Å². The zero-order valence-corrected chi connectivity index (χ0v) is 11.7. The number of anilines is 2. The number of nitrogens with two attached hydrogens (primary N) is 1. The third-order valence-electron chi connectivity index (χ3n) is 3.37. The number of hydrogen-bond acceptors (Lipinski definition) is 5. The lowest BCUT2D eigenvalue weighted by Crippen LogP contribution is -2.47. The van der Waals surface area contributed by atoms with Crippen LogP contribution < -0.4 is 10.6 Å². The van der Waals surface area contributed by atoms with Crippen molar-refractivity contribution in [2.75, 3.05) is 50.5 Å². The summed E-state index contributed by atoms with van der Waals surface area (Å²) in [6.45, 7) is 2.81. The molecule has 0 amide bonds. The Bertz CT molecular complexity index is 467. The van der Waals surface area contributed by atoms with Crippen LogP contribution in [0.2, 0.25) is 0 Å². The molecule has 0 aliphatic carbocycles. The summed E-state index contributed by atoms with van der Waals surface area (Å²) in [5.74, 6) is -0.877. The average molecular weight is 279 g/mol. The number of carbonyl (C=O) groups is 1. The molecular weight excluding hydrogens is 258 g/mol. The molecule has 1 aliphatic rings. The van der Waals surface area contributed by atoms with Gasteiger partial charge >= 0.3 is 5.97 Å². The molecule has 0 spiro atoms. The summed E-state index contributed by atoms with van der Waals surface area (Å²) >= 11 is 0. The van der Waals surface area contributed by atoms with Crippen molar-refractivity contribution in [3.63, 3.8) is 0 Å². The average Bonchev–Trinajstić information content (AvgIpc) is 2.38. The summed E-state index contributed by atoms with van der Waals surface area (Å²) in [5.41, 5.74) is 7.27. The van der Waals surface area contributed by atoms with Crippen molar-refractivity contribution < 1.29 is 14.6 Å². The van der Waals surface area contributed by atoms with Crippen molar-refractivity contribution >= 4 is 17.3 Å². The van der Waals surface area contributed by atoms with Crippen LogP contribution in [0.3, 0.4) is 0 Å². The van der Waals surface area contributed by atoms with Crippen molar-refractivity contribution in [1.82, 2.24) is 4.90 Å². The van der Waals surface area contributed by atoms with Gasteiger partial charge in [0.2, 0.25) is 0 Å². The fourth-order valence-electron chi connectivity index (χ4n) is 2.41. The first kappa shape index (κ1) is 14.6. The predicted octanol–water partition coefficient (Wildman–Crippen LogP) is 0.490. The van der Waals surface area contributed by atoms with Crippen molar-refractivity contribution in [1.29, 1.82) is 0 Å². The second-order valence-electron chi connectivity index (χ2n) is 5.09. The third kappa shape index (κ3) is 3.85. The van der Waals surface area contributed by atoms with Gasteiger partial charge in [-0.05, 0) is 19.2 Å².